The lowest BCUT2D eigenvalue weighted by Gasteiger charge is -2.37. The van der Waals surface area contributed by atoms with Crippen LogP contribution in [-0.4, -0.2) is 43.0 Å². The van der Waals surface area contributed by atoms with Crippen LogP contribution in [0.4, 0.5) is 5.69 Å². The van der Waals surface area contributed by atoms with Crippen molar-refractivity contribution < 1.29 is 4.79 Å². The molecule has 132 valence electrons. The Kier molecular flexibility index (Phi) is 5.61. The first-order valence-corrected chi connectivity index (χ1v) is 9.01. The lowest BCUT2D eigenvalue weighted by atomic mass is 10.0. The maximum atomic E-state index is 12.6. The number of anilines is 1. The van der Waals surface area contributed by atoms with Crippen molar-refractivity contribution in [1.29, 1.82) is 0 Å². The van der Waals surface area contributed by atoms with Crippen LogP contribution >= 0.6 is 11.6 Å². The summed E-state index contributed by atoms with van der Waals surface area (Å²) in [6.07, 6.45) is 0.578. The summed E-state index contributed by atoms with van der Waals surface area (Å²) in [4.78, 5) is 16.8. The molecule has 0 aliphatic carbocycles. The van der Waals surface area contributed by atoms with Crippen LogP contribution in [0.15, 0.2) is 48.5 Å². The summed E-state index contributed by atoms with van der Waals surface area (Å²) in [7, 11) is 0. The van der Waals surface area contributed by atoms with E-state index < -0.39 is 6.04 Å². The SMILES string of the molecule is Cc1cccc(CC(N)C(=O)N2CCN(c3cccc(Cl)c3)CC2)c1. The van der Waals surface area contributed by atoms with Gasteiger partial charge in [0.1, 0.15) is 0 Å². The van der Waals surface area contributed by atoms with Crippen LogP contribution in [0.25, 0.3) is 0 Å². The summed E-state index contributed by atoms with van der Waals surface area (Å²) in [5.74, 6) is 0.0345. The molecule has 1 heterocycles. The highest BCUT2D eigenvalue weighted by molar-refractivity contribution is 6.30. The van der Waals surface area contributed by atoms with Gasteiger partial charge >= 0.3 is 0 Å². The second kappa shape index (κ2) is 7.89. The van der Waals surface area contributed by atoms with Crippen molar-refractivity contribution in [2.24, 2.45) is 5.73 Å². The zero-order chi connectivity index (χ0) is 17.8. The van der Waals surface area contributed by atoms with Crippen LogP contribution in [-0.2, 0) is 11.2 Å². The molecule has 5 heteroatoms. The second-order valence-electron chi connectivity index (χ2n) is 6.59. The molecule has 1 saturated heterocycles. The molecule has 1 unspecified atom stereocenters. The molecule has 0 aromatic heterocycles. The van der Waals surface area contributed by atoms with Crippen molar-refractivity contribution in [2.75, 3.05) is 31.1 Å². The lowest BCUT2D eigenvalue weighted by Crippen LogP contribution is -2.53. The molecule has 4 nitrogen and oxygen atoms in total. The number of nitrogens with two attached hydrogens (primary N) is 1. The normalized spacial score (nSPS) is 16.0. The third-order valence-electron chi connectivity index (χ3n) is 4.62. The van der Waals surface area contributed by atoms with Gasteiger partial charge in [0.2, 0.25) is 5.91 Å². The van der Waals surface area contributed by atoms with Gasteiger partial charge in [-0.15, -0.1) is 0 Å². The van der Waals surface area contributed by atoms with Crippen LogP contribution in [0.1, 0.15) is 11.1 Å². The molecule has 25 heavy (non-hydrogen) atoms. The van der Waals surface area contributed by atoms with Crippen LogP contribution in [0.3, 0.4) is 0 Å². The van der Waals surface area contributed by atoms with Gasteiger partial charge in [0.15, 0.2) is 0 Å². The van der Waals surface area contributed by atoms with E-state index in [4.69, 9.17) is 17.3 Å². The number of rotatable bonds is 4. The highest BCUT2D eigenvalue weighted by Crippen LogP contribution is 2.21. The largest absolute Gasteiger partial charge is 0.368 e. The van der Waals surface area contributed by atoms with E-state index in [0.717, 1.165) is 29.4 Å². The second-order valence-corrected chi connectivity index (χ2v) is 7.03. The van der Waals surface area contributed by atoms with Crippen LogP contribution in [0.5, 0.6) is 0 Å². The maximum absolute atomic E-state index is 12.6. The first kappa shape index (κ1) is 17.8. The molecule has 0 spiro atoms. The molecule has 3 rings (SSSR count). The van der Waals surface area contributed by atoms with E-state index in [9.17, 15) is 4.79 Å². The highest BCUT2D eigenvalue weighted by Gasteiger charge is 2.25. The zero-order valence-electron chi connectivity index (χ0n) is 14.5. The smallest absolute Gasteiger partial charge is 0.239 e. The highest BCUT2D eigenvalue weighted by atomic mass is 35.5. The minimum Gasteiger partial charge on any atom is -0.368 e. The Balaban J connectivity index is 1.56. The molecule has 2 N–H and O–H groups in total. The van der Waals surface area contributed by atoms with Crippen molar-refractivity contribution in [2.45, 2.75) is 19.4 Å². The molecule has 2 aromatic rings. The molecule has 0 radical (unpaired) electrons. The molecular formula is C20H24ClN3O. The number of halogens is 1. The van der Waals surface area contributed by atoms with E-state index in [1.807, 2.05) is 54.3 Å². The average molecular weight is 358 g/mol. The predicted octanol–water partition coefficient (Wildman–Crippen LogP) is 2.87. The molecule has 2 aromatic carbocycles. The minimum atomic E-state index is -0.487. The van der Waals surface area contributed by atoms with Crippen molar-refractivity contribution >= 4 is 23.2 Å². The average Bonchev–Trinajstić information content (AvgIpc) is 2.61. The number of hydrogen-bond donors (Lipinski definition) is 1. The third kappa shape index (κ3) is 4.53. The number of amides is 1. The van der Waals surface area contributed by atoms with Gasteiger partial charge in [-0.3, -0.25) is 4.79 Å². The van der Waals surface area contributed by atoms with Gasteiger partial charge in [0.25, 0.3) is 0 Å². The Morgan fingerprint density at radius 2 is 1.84 bits per heavy atom. The number of aryl methyl sites for hydroxylation is 1. The van der Waals surface area contributed by atoms with Gasteiger partial charge in [-0.2, -0.15) is 0 Å². The van der Waals surface area contributed by atoms with Gasteiger partial charge < -0.3 is 15.5 Å². The fourth-order valence-electron chi connectivity index (χ4n) is 3.27. The van der Waals surface area contributed by atoms with E-state index in [1.165, 1.54) is 5.56 Å². The summed E-state index contributed by atoms with van der Waals surface area (Å²) in [6, 6.07) is 15.5. The van der Waals surface area contributed by atoms with Crippen molar-refractivity contribution in [1.82, 2.24) is 4.90 Å². The summed E-state index contributed by atoms with van der Waals surface area (Å²) in [5.41, 5.74) is 9.57. The number of benzene rings is 2. The summed E-state index contributed by atoms with van der Waals surface area (Å²) in [6.45, 7) is 5.01. The quantitative estimate of drug-likeness (QED) is 0.915. The fraction of sp³-hybridized carbons (Fsp3) is 0.350. The number of hydrogen-bond acceptors (Lipinski definition) is 3. The van der Waals surface area contributed by atoms with Gasteiger partial charge in [-0.1, -0.05) is 47.5 Å². The molecule has 1 aliphatic heterocycles. The van der Waals surface area contributed by atoms with E-state index in [0.29, 0.717) is 19.5 Å². The minimum absolute atomic E-state index is 0.0345. The Morgan fingerprint density at radius 1 is 1.12 bits per heavy atom. The molecule has 1 atom stereocenters. The number of nitrogens with zero attached hydrogens (tertiary/aromatic N) is 2. The summed E-state index contributed by atoms with van der Waals surface area (Å²) >= 11 is 6.07. The first-order chi connectivity index (χ1) is 12.0. The third-order valence-corrected chi connectivity index (χ3v) is 4.86. The molecule has 1 aliphatic rings. The van der Waals surface area contributed by atoms with E-state index >= 15 is 0 Å². The first-order valence-electron chi connectivity index (χ1n) is 8.63. The molecule has 0 bridgehead atoms. The Morgan fingerprint density at radius 3 is 2.52 bits per heavy atom. The van der Waals surface area contributed by atoms with Crippen LogP contribution in [0, 0.1) is 6.92 Å². The standard InChI is InChI=1S/C20H24ClN3O/c1-15-4-2-5-16(12-15)13-19(22)20(25)24-10-8-23(9-11-24)18-7-3-6-17(21)14-18/h2-7,12,14,19H,8-11,13,22H2,1H3. The Hall–Kier alpha value is -2.04. The summed E-state index contributed by atoms with van der Waals surface area (Å²) in [5, 5.41) is 0.733. The zero-order valence-corrected chi connectivity index (χ0v) is 15.2. The molecule has 1 amide bonds. The van der Waals surface area contributed by atoms with Crippen LogP contribution in [0.2, 0.25) is 5.02 Å². The topological polar surface area (TPSA) is 49.6 Å². The van der Waals surface area contributed by atoms with Crippen molar-refractivity contribution in [3.05, 3.63) is 64.7 Å². The number of carbonyl (C=O) groups is 1. The van der Waals surface area contributed by atoms with Gasteiger partial charge in [0, 0.05) is 36.9 Å². The van der Waals surface area contributed by atoms with Crippen molar-refractivity contribution in [3.63, 3.8) is 0 Å². The monoisotopic (exact) mass is 357 g/mol. The van der Waals surface area contributed by atoms with E-state index in [2.05, 4.69) is 11.0 Å². The summed E-state index contributed by atoms with van der Waals surface area (Å²) < 4.78 is 0. The van der Waals surface area contributed by atoms with Gasteiger partial charge in [0.05, 0.1) is 6.04 Å². The van der Waals surface area contributed by atoms with Gasteiger partial charge in [-0.25, -0.2) is 0 Å². The fourth-order valence-corrected chi connectivity index (χ4v) is 3.46. The van der Waals surface area contributed by atoms with E-state index in [1.54, 1.807) is 0 Å². The van der Waals surface area contributed by atoms with Crippen molar-refractivity contribution in [3.8, 4) is 0 Å². The predicted molar refractivity (Wildman–Crippen MR) is 103 cm³/mol. The lowest BCUT2D eigenvalue weighted by molar-refractivity contribution is -0.132. The maximum Gasteiger partial charge on any atom is 0.239 e. The number of piperazine rings is 1. The molecular weight excluding hydrogens is 334 g/mol. The Labute approximate surface area is 154 Å². The van der Waals surface area contributed by atoms with Crippen LogP contribution < -0.4 is 10.6 Å². The molecule has 0 saturated carbocycles. The van der Waals surface area contributed by atoms with Gasteiger partial charge in [-0.05, 0) is 37.1 Å². The Bertz CT molecular complexity index is 741. The van der Waals surface area contributed by atoms with E-state index in [-0.39, 0.29) is 5.91 Å². The number of carbonyl (C=O) groups excluding carboxylic acids is 1. The molecule has 1 fully saturated rings.